The first-order valence-corrected chi connectivity index (χ1v) is 9.68. The molecule has 5 aliphatic rings. The predicted molar refractivity (Wildman–Crippen MR) is 92.3 cm³/mol. The molecule has 4 saturated carbocycles. The summed E-state index contributed by atoms with van der Waals surface area (Å²) in [5, 5.41) is 0. The number of rotatable bonds is 2. The largest absolute Gasteiger partial charge is 0.302 e. The third kappa shape index (κ3) is 1.96. The summed E-state index contributed by atoms with van der Waals surface area (Å²) in [7, 11) is 0. The van der Waals surface area contributed by atoms with Crippen LogP contribution in [0.1, 0.15) is 43.5 Å². The van der Waals surface area contributed by atoms with E-state index in [1.54, 1.807) is 12.4 Å². The normalized spacial score (nSPS) is 39.5. The van der Waals surface area contributed by atoms with Crippen LogP contribution in [0.25, 0.3) is 0 Å². The Morgan fingerprint density at radius 3 is 1.81 bits per heavy atom. The summed E-state index contributed by atoms with van der Waals surface area (Å²) in [6.45, 7) is 0. The number of pyridine rings is 2. The zero-order valence-electron chi connectivity index (χ0n) is 14.6. The zero-order valence-corrected chi connectivity index (χ0v) is 14.6. The maximum absolute atomic E-state index is 6.82. The zero-order chi connectivity index (χ0) is 17.2. The van der Waals surface area contributed by atoms with Crippen molar-refractivity contribution in [2.75, 3.05) is 0 Å². The topological polar surface area (TPSA) is 53.5 Å². The van der Waals surface area contributed by atoms with Crippen LogP contribution in [0.15, 0.2) is 48.8 Å². The molecule has 5 fully saturated rings. The van der Waals surface area contributed by atoms with Gasteiger partial charge in [0.2, 0.25) is 5.79 Å². The summed E-state index contributed by atoms with van der Waals surface area (Å²) in [5.74, 6) is 0.589. The van der Waals surface area contributed by atoms with Crippen molar-refractivity contribution in [1.82, 2.24) is 9.97 Å². The van der Waals surface area contributed by atoms with E-state index in [-0.39, 0.29) is 0 Å². The van der Waals surface area contributed by atoms with E-state index in [1.807, 2.05) is 36.4 Å². The van der Waals surface area contributed by atoms with Crippen LogP contribution in [0.4, 0.5) is 0 Å². The van der Waals surface area contributed by atoms with E-state index in [2.05, 4.69) is 9.97 Å². The van der Waals surface area contributed by atoms with Crippen molar-refractivity contribution in [3.63, 3.8) is 0 Å². The Hall–Kier alpha value is -1.82. The monoisotopic (exact) mass is 350 g/mol. The fraction of sp³-hybridized carbons (Fsp3) is 0.524. The molecule has 0 amide bonds. The van der Waals surface area contributed by atoms with Crippen molar-refractivity contribution in [2.45, 2.75) is 43.7 Å². The summed E-state index contributed by atoms with van der Waals surface area (Å²) in [4.78, 5) is 21.3. The molecule has 5 nitrogen and oxygen atoms in total. The van der Waals surface area contributed by atoms with Crippen molar-refractivity contribution >= 4 is 0 Å². The molecule has 0 unspecified atom stereocenters. The Morgan fingerprint density at radius 1 is 0.731 bits per heavy atom. The third-order valence-electron chi connectivity index (χ3n) is 6.87. The van der Waals surface area contributed by atoms with Crippen LogP contribution >= 0.6 is 0 Å². The number of hydrogen-bond donors (Lipinski definition) is 0. The van der Waals surface area contributed by atoms with Gasteiger partial charge in [0.05, 0.1) is 0 Å². The second-order valence-corrected chi connectivity index (χ2v) is 8.34. The minimum absolute atomic E-state index is 0.396. The van der Waals surface area contributed by atoms with Gasteiger partial charge in [-0.2, -0.15) is 9.78 Å². The Kier molecular flexibility index (Phi) is 3.14. The smallest absolute Gasteiger partial charge is 0.290 e. The number of hydrogen-bond acceptors (Lipinski definition) is 5. The van der Waals surface area contributed by atoms with Gasteiger partial charge in [-0.25, -0.2) is 0 Å². The second-order valence-electron chi connectivity index (χ2n) is 8.34. The molecule has 4 bridgehead atoms. The summed E-state index contributed by atoms with van der Waals surface area (Å²) >= 11 is 0. The maximum Gasteiger partial charge on any atom is 0.290 e. The molecular weight excluding hydrogens is 328 g/mol. The van der Waals surface area contributed by atoms with Crippen molar-refractivity contribution in [1.29, 1.82) is 0 Å². The lowest BCUT2D eigenvalue weighted by atomic mass is 9.53. The van der Waals surface area contributed by atoms with E-state index in [1.165, 1.54) is 32.1 Å². The van der Waals surface area contributed by atoms with Gasteiger partial charge < -0.3 is 4.74 Å². The fourth-order valence-electron chi connectivity index (χ4n) is 5.96. The highest BCUT2D eigenvalue weighted by Crippen LogP contribution is 2.64. The first-order valence-electron chi connectivity index (χ1n) is 9.68. The van der Waals surface area contributed by atoms with E-state index >= 15 is 0 Å². The second kappa shape index (κ2) is 5.35. The van der Waals surface area contributed by atoms with E-state index in [0.29, 0.717) is 23.2 Å². The summed E-state index contributed by atoms with van der Waals surface area (Å²) in [5.41, 5.74) is 1.37. The minimum atomic E-state index is -1.20. The standard InChI is InChI=1S/C21H22N2O3/c1-3-7-22-18(5-1)21(19-6-2-4-8-23-19)24-20(25-26-21)16-10-14-9-15(12-16)13-17(20)11-14/h1-8,14-17H,9-13H2. The highest BCUT2D eigenvalue weighted by molar-refractivity contribution is 5.26. The van der Waals surface area contributed by atoms with Gasteiger partial charge in [0.25, 0.3) is 5.79 Å². The van der Waals surface area contributed by atoms with Gasteiger partial charge >= 0.3 is 0 Å². The number of ether oxygens (including phenoxy) is 1. The maximum atomic E-state index is 6.82. The van der Waals surface area contributed by atoms with Gasteiger partial charge in [-0.1, -0.05) is 12.1 Å². The Labute approximate surface area is 152 Å². The molecule has 3 heterocycles. The fourth-order valence-corrected chi connectivity index (χ4v) is 5.96. The average Bonchev–Trinajstić information content (AvgIpc) is 3.10. The highest BCUT2D eigenvalue weighted by atomic mass is 17.3. The molecular formula is C21H22N2O3. The third-order valence-corrected chi connectivity index (χ3v) is 6.87. The molecule has 1 aliphatic heterocycles. The SMILES string of the molecule is c1ccc(C2(c3ccccn3)OOC3(O2)C2CC4CC(C2)CC3C4)nc1. The lowest BCUT2D eigenvalue weighted by molar-refractivity contribution is -0.387. The van der Waals surface area contributed by atoms with Crippen molar-refractivity contribution in [2.24, 2.45) is 23.7 Å². The van der Waals surface area contributed by atoms with E-state index in [0.717, 1.165) is 11.8 Å². The quantitative estimate of drug-likeness (QED) is 0.771. The molecule has 0 radical (unpaired) electrons. The van der Waals surface area contributed by atoms with Gasteiger partial charge in [-0.15, -0.1) is 0 Å². The molecule has 4 aliphatic carbocycles. The summed E-state index contributed by atoms with van der Waals surface area (Å²) < 4.78 is 6.82. The molecule has 26 heavy (non-hydrogen) atoms. The van der Waals surface area contributed by atoms with Crippen molar-refractivity contribution in [3.8, 4) is 0 Å². The Balaban J connectivity index is 1.46. The molecule has 2 aromatic heterocycles. The number of aromatic nitrogens is 2. The first kappa shape index (κ1) is 15.3. The van der Waals surface area contributed by atoms with E-state index in [4.69, 9.17) is 14.5 Å². The lowest BCUT2D eigenvalue weighted by Crippen LogP contribution is -2.59. The van der Waals surface area contributed by atoms with Gasteiger partial charge in [0.1, 0.15) is 11.4 Å². The summed E-state index contributed by atoms with van der Waals surface area (Å²) in [6.07, 6.45) is 9.61. The highest BCUT2D eigenvalue weighted by Gasteiger charge is 2.68. The molecule has 5 heteroatoms. The Bertz CT molecular complexity index is 743. The van der Waals surface area contributed by atoms with Crippen LogP contribution in [-0.2, 0) is 20.3 Å². The lowest BCUT2D eigenvalue weighted by Gasteiger charge is -2.57. The van der Waals surface area contributed by atoms with Crippen LogP contribution in [0.5, 0.6) is 0 Å². The van der Waals surface area contributed by atoms with Gasteiger partial charge in [0.15, 0.2) is 0 Å². The molecule has 0 atom stereocenters. The molecule has 2 aromatic rings. The molecule has 0 aromatic carbocycles. The van der Waals surface area contributed by atoms with Gasteiger partial charge in [-0.3, -0.25) is 9.97 Å². The number of nitrogens with zero attached hydrogens (tertiary/aromatic N) is 2. The van der Waals surface area contributed by atoms with E-state index < -0.39 is 11.6 Å². The average molecular weight is 350 g/mol. The minimum Gasteiger partial charge on any atom is -0.302 e. The van der Waals surface area contributed by atoms with Crippen LogP contribution in [-0.4, -0.2) is 15.8 Å². The van der Waals surface area contributed by atoms with Crippen molar-refractivity contribution in [3.05, 3.63) is 60.2 Å². The van der Waals surface area contributed by atoms with Crippen LogP contribution in [0.2, 0.25) is 0 Å². The molecule has 7 rings (SSSR count). The van der Waals surface area contributed by atoms with Gasteiger partial charge in [-0.05, 0) is 68.2 Å². The molecule has 1 saturated heterocycles. The summed E-state index contributed by atoms with van der Waals surface area (Å²) in [6, 6.07) is 11.5. The van der Waals surface area contributed by atoms with E-state index in [9.17, 15) is 0 Å². The van der Waals surface area contributed by atoms with Crippen LogP contribution in [0, 0.1) is 23.7 Å². The van der Waals surface area contributed by atoms with Crippen LogP contribution < -0.4 is 0 Å². The van der Waals surface area contributed by atoms with Crippen LogP contribution in [0.3, 0.4) is 0 Å². The molecule has 1 spiro atoms. The Morgan fingerprint density at radius 2 is 1.31 bits per heavy atom. The van der Waals surface area contributed by atoms with Crippen molar-refractivity contribution < 1.29 is 14.5 Å². The predicted octanol–water partition coefficient (Wildman–Crippen LogP) is 3.81. The first-order chi connectivity index (χ1) is 12.8. The van der Waals surface area contributed by atoms with Gasteiger partial charge in [0, 0.05) is 24.2 Å². The molecule has 0 N–H and O–H groups in total. The molecule has 134 valence electrons.